The van der Waals surface area contributed by atoms with Crippen molar-refractivity contribution in [2.45, 2.75) is 27.2 Å². The predicted octanol–water partition coefficient (Wildman–Crippen LogP) is 4.80. The highest BCUT2D eigenvalue weighted by molar-refractivity contribution is 5.95. The number of aryl methyl sites for hydroxylation is 3. The van der Waals surface area contributed by atoms with E-state index < -0.39 is 0 Å². The van der Waals surface area contributed by atoms with Crippen LogP contribution in [0.25, 0.3) is 11.1 Å². The van der Waals surface area contributed by atoms with Crippen LogP contribution >= 0.6 is 0 Å². The number of carbonyl (C=O) groups excluding carboxylic acids is 2. The van der Waals surface area contributed by atoms with E-state index in [1.54, 1.807) is 0 Å². The standard InChI is InChI=1S/C26H28N2O3/c1-18-15-19(2)26(20(3)16-18)28-25(30)17-27-24(29)13-14-31-23-12-8-7-11-22(23)21-9-5-4-6-10-21/h4-12,15-16H,13-14,17H2,1-3H3,(H,27,29)(H,28,30). The first kappa shape index (κ1) is 22.1. The van der Waals surface area contributed by atoms with Crippen LogP contribution in [-0.2, 0) is 9.59 Å². The van der Waals surface area contributed by atoms with Crippen molar-refractivity contribution in [2.75, 3.05) is 18.5 Å². The number of ether oxygens (including phenoxy) is 1. The fraction of sp³-hybridized carbons (Fsp3) is 0.231. The van der Waals surface area contributed by atoms with E-state index >= 15 is 0 Å². The van der Waals surface area contributed by atoms with Crippen molar-refractivity contribution in [3.05, 3.63) is 83.4 Å². The number of nitrogens with one attached hydrogen (secondary N) is 2. The summed E-state index contributed by atoms with van der Waals surface area (Å²) >= 11 is 0. The lowest BCUT2D eigenvalue weighted by atomic mass is 10.1. The number of anilines is 1. The lowest BCUT2D eigenvalue weighted by Gasteiger charge is -2.14. The van der Waals surface area contributed by atoms with E-state index in [-0.39, 0.29) is 31.4 Å². The molecule has 0 atom stereocenters. The average molecular weight is 417 g/mol. The second kappa shape index (κ2) is 10.4. The molecule has 0 bridgehead atoms. The maximum atomic E-state index is 12.2. The predicted molar refractivity (Wildman–Crippen MR) is 124 cm³/mol. The van der Waals surface area contributed by atoms with Crippen molar-refractivity contribution in [3.63, 3.8) is 0 Å². The molecule has 0 fully saturated rings. The van der Waals surface area contributed by atoms with E-state index in [0.29, 0.717) is 0 Å². The highest BCUT2D eigenvalue weighted by atomic mass is 16.5. The Morgan fingerprint density at radius 1 is 0.839 bits per heavy atom. The number of para-hydroxylation sites is 1. The monoisotopic (exact) mass is 416 g/mol. The van der Waals surface area contributed by atoms with Gasteiger partial charge in [0.15, 0.2) is 0 Å². The molecule has 3 aromatic carbocycles. The van der Waals surface area contributed by atoms with Gasteiger partial charge < -0.3 is 15.4 Å². The molecule has 0 aliphatic carbocycles. The van der Waals surface area contributed by atoms with Crippen molar-refractivity contribution in [1.29, 1.82) is 0 Å². The van der Waals surface area contributed by atoms with Gasteiger partial charge in [-0.2, -0.15) is 0 Å². The van der Waals surface area contributed by atoms with Crippen molar-refractivity contribution in [2.24, 2.45) is 0 Å². The molecule has 5 nitrogen and oxygen atoms in total. The third kappa shape index (κ3) is 6.19. The van der Waals surface area contributed by atoms with Crippen LogP contribution in [-0.4, -0.2) is 25.0 Å². The van der Waals surface area contributed by atoms with Gasteiger partial charge in [-0.1, -0.05) is 66.2 Å². The third-order valence-electron chi connectivity index (χ3n) is 4.95. The fourth-order valence-electron chi connectivity index (χ4n) is 3.53. The van der Waals surface area contributed by atoms with Crippen molar-refractivity contribution in [1.82, 2.24) is 5.32 Å². The molecular formula is C26H28N2O3. The fourth-order valence-corrected chi connectivity index (χ4v) is 3.53. The zero-order chi connectivity index (χ0) is 22.2. The topological polar surface area (TPSA) is 67.4 Å². The highest BCUT2D eigenvalue weighted by Crippen LogP contribution is 2.29. The molecule has 2 amide bonds. The normalized spacial score (nSPS) is 10.4. The van der Waals surface area contributed by atoms with Gasteiger partial charge in [0.05, 0.1) is 19.6 Å². The van der Waals surface area contributed by atoms with Crippen LogP contribution in [0.4, 0.5) is 5.69 Å². The first-order valence-electron chi connectivity index (χ1n) is 10.4. The van der Waals surface area contributed by atoms with Crippen molar-refractivity contribution < 1.29 is 14.3 Å². The largest absolute Gasteiger partial charge is 0.492 e. The lowest BCUT2D eigenvalue weighted by Crippen LogP contribution is -2.33. The molecule has 5 heteroatoms. The highest BCUT2D eigenvalue weighted by Gasteiger charge is 2.11. The summed E-state index contributed by atoms with van der Waals surface area (Å²) in [5.74, 6) is 0.244. The first-order chi connectivity index (χ1) is 14.9. The van der Waals surface area contributed by atoms with Crippen LogP contribution in [0.5, 0.6) is 5.75 Å². The van der Waals surface area contributed by atoms with Gasteiger partial charge in [0.25, 0.3) is 0 Å². The quantitative estimate of drug-likeness (QED) is 0.554. The molecule has 0 saturated carbocycles. The minimum atomic E-state index is -0.251. The van der Waals surface area contributed by atoms with E-state index in [2.05, 4.69) is 10.6 Å². The second-order valence-electron chi connectivity index (χ2n) is 7.56. The zero-order valence-electron chi connectivity index (χ0n) is 18.2. The molecular weight excluding hydrogens is 388 g/mol. The molecule has 0 radical (unpaired) electrons. The Bertz CT molecular complexity index is 1040. The second-order valence-corrected chi connectivity index (χ2v) is 7.56. The van der Waals surface area contributed by atoms with Crippen LogP contribution in [0.2, 0.25) is 0 Å². The number of carbonyl (C=O) groups is 2. The number of hydrogen-bond acceptors (Lipinski definition) is 3. The van der Waals surface area contributed by atoms with Gasteiger partial charge in [-0.25, -0.2) is 0 Å². The minimum absolute atomic E-state index is 0.0772. The van der Waals surface area contributed by atoms with Gasteiger partial charge >= 0.3 is 0 Å². The molecule has 0 aliphatic rings. The molecule has 0 unspecified atom stereocenters. The van der Waals surface area contributed by atoms with Gasteiger partial charge in [-0.05, 0) is 43.5 Å². The van der Waals surface area contributed by atoms with E-state index in [4.69, 9.17) is 4.74 Å². The summed E-state index contributed by atoms with van der Waals surface area (Å²) in [6.07, 6.45) is 0.166. The van der Waals surface area contributed by atoms with E-state index in [1.165, 1.54) is 0 Å². The van der Waals surface area contributed by atoms with E-state index in [0.717, 1.165) is 39.3 Å². The lowest BCUT2D eigenvalue weighted by molar-refractivity contribution is -0.124. The number of hydrogen-bond donors (Lipinski definition) is 2. The third-order valence-corrected chi connectivity index (χ3v) is 4.95. The molecule has 0 saturated heterocycles. The summed E-state index contributed by atoms with van der Waals surface area (Å²) in [7, 11) is 0. The van der Waals surface area contributed by atoms with Crippen LogP contribution in [0, 0.1) is 20.8 Å². The Hall–Kier alpha value is -3.60. The maximum absolute atomic E-state index is 12.2. The number of amides is 2. The minimum Gasteiger partial charge on any atom is -0.492 e. The molecule has 31 heavy (non-hydrogen) atoms. The van der Waals surface area contributed by atoms with Gasteiger partial charge in [0.2, 0.25) is 11.8 Å². The van der Waals surface area contributed by atoms with E-state index in [1.807, 2.05) is 87.5 Å². The molecule has 0 aliphatic heterocycles. The Morgan fingerprint density at radius 3 is 2.19 bits per heavy atom. The van der Waals surface area contributed by atoms with Crippen LogP contribution < -0.4 is 15.4 Å². The number of rotatable bonds is 8. The molecule has 3 rings (SSSR count). The van der Waals surface area contributed by atoms with Crippen LogP contribution in [0.1, 0.15) is 23.1 Å². The summed E-state index contributed by atoms with van der Waals surface area (Å²) in [5, 5.41) is 5.54. The summed E-state index contributed by atoms with van der Waals surface area (Å²) in [6.45, 7) is 6.09. The zero-order valence-corrected chi connectivity index (χ0v) is 18.2. The van der Waals surface area contributed by atoms with E-state index in [9.17, 15) is 9.59 Å². The van der Waals surface area contributed by atoms with Gasteiger partial charge in [-0.15, -0.1) is 0 Å². The maximum Gasteiger partial charge on any atom is 0.243 e. The average Bonchev–Trinajstić information content (AvgIpc) is 2.76. The number of benzene rings is 3. The van der Waals surface area contributed by atoms with Crippen LogP contribution in [0.3, 0.4) is 0 Å². The summed E-state index contributed by atoms with van der Waals surface area (Å²) < 4.78 is 5.85. The van der Waals surface area contributed by atoms with Crippen molar-refractivity contribution >= 4 is 17.5 Å². The molecule has 0 heterocycles. The van der Waals surface area contributed by atoms with Crippen LogP contribution in [0.15, 0.2) is 66.7 Å². The van der Waals surface area contributed by atoms with Crippen molar-refractivity contribution in [3.8, 4) is 16.9 Å². The van der Waals surface area contributed by atoms with Gasteiger partial charge in [-0.3, -0.25) is 9.59 Å². The SMILES string of the molecule is Cc1cc(C)c(NC(=O)CNC(=O)CCOc2ccccc2-c2ccccc2)c(C)c1. The Kier molecular flexibility index (Phi) is 7.44. The summed E-state index contributed by atoms with van der Waals surface area (Å²) in [6, 6.07) is 21.7. The Labute approximate surface area is 183 Å². The summed E-state index contributed by atoms with van der Waals surface area (Å²) in [4.78, 5) is 24.4. The molecule has 160 valence electrons. The summed E-state index contributed by atoms with van der Waals surface area (Å²) in [5.41, 5.74) is 5.98. The molecule has 0 aromatic heterocycles. The molecule has 2 N–H and O–H groups in total. The van der Waals surface area contributed by atoms with Gasteiger partial charge in [0, 0.05) is 11.3 Å². The Morgan fingerprint density at radius 2 is 1.48 bits per heavy atom. The molecule has 3 aromatic rings. The first-order valence-corrected chi connectivity index (χ1v) is 10.4. The molecule has 0 spiro atoms. The Balaban J connectivity index is 1.47. The smallest absolute Gasteiger partial charge is 0.243 e. The van der Waals surface area contributed by atoms with Gasteiger partial charge in [0.1, 0.15) is 5.75 Å².